The molecule has 2 heterocycles. The van der Waals surface area contributed by atoms with Crippen LogP contribution in [0.15, 0.2) is 122 Å². The first-order chi connectivity index (χ1) is 20.7. The van der Waals surface area contributed by atoms with Crippen LogP contribution in [0, 0.1) is 22.7 Å². The van der Waals surface area contributed by atoms with Crippen LogP contribution in [0.3, 0.4) is 0 Å². The van der Waals surface area contributed by atoms with E-state index < -0.39 is 0 Å². The molecule has 0 saturated carbocycles. The molecule has 0 N–H and O–H groups in total. The van der Waals surface area contributed by atoms with E-state index in [1.54, 1.807) is 36.7 Å². The van der Waals surface area contributed by atoms with Crippen molar-refractivity contribution in [3.8, 4) is 57.4 Å². The van der Waals surface area contributed by atoms with Crippen LogP contribution in [0.25, 0.3) is 66.8 Å². The lowest BCUT2D eigenvalue weighted by molar-refractivity contribution is 1.18. The normalized spacial score (nSPS) is 10.8. The molecule has 6 nitrogen and oxygen atoms in total. The SMILES string of the molecule is N#Cc1ccc(-c2nccc(-c3c4ccccc4c(-c4ccnc(-c5ccc(C#N)cc5)n4)c4ccccc34)n2)cc1. The van der Waals surface area contributed by atoms with Gasteiger partial charge in [0, 0.05) is 34.6 Å². The highest BCUT2D eigenvalue weighted by Gasteiger charge is 2.19. The van der Waals surface area contributed by atoms with Crippen LogP contribution < -0.4 is 0 Å². The number of hydrogen-bond donors (Lipinski definition) is 0. The summed E-state index contributed by atoms with van der Waals surface area (Å²) in [7, 11) is 0. The van der Waals surface area contributed by atoms with Crippen molar-refractivity contribution in [2.45, 2.75) is 0 Å². The molecule has 0 saturated heterocycles. The van der Waals surface area contributed by atoms with Gasteiger partial charge in [0.05, 0.1) is 34.7 Å². The lowest BCUT2D eigenvalue weighted by Crippen LogP contribution is -1.97. The van der Waals surface area contributed by atoms with Crippen molar-refractivity contribution in [1.29, 1.82) is 10.5 Å². The lowest BCUT2D eigenvalue weighted by Gasteiger charge is -2.17. The van der Waals surface area contributed by atoms with Gasteiger partial charge in [0.15, 0.2) is 11.6 Å². The molecule has 7 rings (SSSR count). The first-order valence-electron chi connectivity index (χ1n) is 13.3. The van der Waals surface area contributed by atoms with Gasteiger partial charge in [0.1, 0.15) is 0 Å². The second kappa shape index (κ2) is 10.4. The number of nitrogens with zero attached hydrogens (tertiary/aromatic N) is 6. The Morgan fingerprint density at radius 1 is 0.429 bits per heavy atom. The Morgan fingerprint density at radius 3 is 1.12 bits per heavy atom. The summed E-state index contributed by atoms with van der Waals surface area (Å²) in [5, 5.41) is 22.6. The lowest BCUT2D eigenvalue weighted by atomic mass is 9.89. The van der Waals surface area contributed by atoms with Gasteiger partial charge in [-0.25, -0.2) is 19.9 Å². The van der Waals surface area contributed by atoms with Crippen LogP contribution >= 0.6 is 0 Å². The van der Waals surface area contributed by atoms with Gasteiger partial charge in [-0.15, -0.1) is 0 Å². The molecule has 0 spiro atoms. The molecule has 6 heteroatoms. The third kappa shape index (κ3) is 4.30. The van der Waals surface area contributed by atoms with Gasteiger partial charge in [0.25, 0.3) is 0 Å². The van der Waals surface area contributed by atoms with Crippen molar-refractivity contribution in [3.63, 3.8) is 0 Å². The minimum Gasteiger partial charge on any atom is -0.237 e. The largest absolute Gasteiger partial charge is 0.237 e. The van der Waals surface area contributed by atoms with E-state index in [4.69, 9.17) is 9.97 Å². The predicted octanol–water partition coefficient (Wildman–Crippen LogP) is 7.98. The number of benzene rings is 5. The van der Waals surface area contributed by atoms with Gasteiger partial charge in [-0.2, -0.15) is 10.5 Å². The molecule has 0 radical (unpaired) electrons. The van der Waals surface area contributed by atoms with Gasteiger partial charge in [0.2, 0.25) is 0 Å². The van der Waals surface area contributed by atoms with Crippen molar-refractivity contribution in [1.82, 2.24) is 19.9 Å². The molecular formula is C36H20N6. The molecule has 0 aliphatic carbocycles. The van der Waals surface area contributed by atoms with E-state index in [1.807, 2.05) is 60.7 Å². The number of aromatic nitrogens is 4. The van der Waals surface area contributed by atoms with Crippen LogP contribution in [-0.4, -0.2) is 19.9 Å². The highest BCUT2D eigenvalue weighted by atomic mass is 14.9. The Bertz CT molecular complexity index is 1990. The summed E-state index contributed by atoms with van der Waals surface area (Å²) in [5.74, 6) is 1.19. The average Bonchev–Trinajstić information content (AvgIpc) is 3.07. The van der Waals surface area contributed by atoms with E-state index in [2.05, 4.69) is 46.4 Å². The fourth-order valence-corrected chi connectivity index (χ4v) is 5.34. The number of hydrogen-bond acceptors (Lipinski definition) is 6. The predicted molar refractivity (Wildman–Crippen MR) is 164 cm³/mol. The molecule has 0 aliphatic heterocycles. The smallest absolute Gasteiger partial charge is 0.159 e. The van der Waals surface area contributed by atoms with E-state index in [1.165, 1.54) is 0 Å². The Hall–Kier alpha value is -6.24. The molecule has 7 aromatic rings. The van der Waals surface area contributed by atoms with Gasteiger partial charge in [-0.1, -0.05) is 48.5 Å². The fraction of sp³-hybridized carbons (Fsp3) is 0. The van der Waals surface area contributed by atoms with Crippen molar-refractivity contribution >= 4 is 21.5 Å². The summed E-state index contributed by atoms with van der Waals surface area (Å²) < 4.78 is 0. The molecule has 0 aliphatic rings. The minimum absolute atomic E-state index is 0.592. The van der Waals surface area contributed by atoms with E-state index in [9.17, 15) is 10.5 Å². The average molecular weight is 537 g/mol. The Morgan fingerprint density at radius 2 is 0.786 bits per heavy atom. The van der Waals surface area contributed by atoms with Gasteiger partial charge in [-0.3, -0.25) is 0 Å². The Balaban J connectivity index is 1.45. The monoisotopic (exact) mass is 536 g/mol. The van der Waals surface area contributed by atoms with Crippen molar-refractivity contribution in [2.24, 2.45) is 0 Å². The van der Waals surface area contributed by atoms with Gasteiger partial charge < -0.3 is 0 Å². The summed E-state index contributed by atoms with van der Waals surface area (Å²) in [5.41, 5.74) is 6.53. The van der Waals surface area contributed by atoms with Gasteiger partial charge >= 0.3 is 0 Å². The van der Waals surface area contributed by atoms with Crippen LogP contribution in [0.2, 0.25) is 0 Å². The molecule has 0 unspecified atom stereocenters. The Kier molecular flexibility index (Phi) is 6.13. The molecule has 0 fully saturated rings. The third-order valence-corrected chi connectivity index (χ3v) is 7.30. The van der Waals surface area contributed by atoms with Crippen molar-refractivity contribution in [2.75, 3.05) is 0 Å². The highest BCUT2D eigenvalue weighted by molar-refractivity contribution is 6.20. The van der Waals surface area contributed by atoms with E-state index in [-0.39, 0.29) is 0 Å². The highest BCUT2D eigenvalue weighted by Crippen LogP contribution is 2.43. The van der Waals surface area contributed by atoms with Crippen LogP contribution in [0.5, 0.6) is 0 Å². The zero-order valence-corrected chi connectivity index (χ0v) is 22.2. The number of rotatable bonds is 4. The molecule has 0 bridgehead atoms. The van der Waals surface area contributed by atoms with Gasteiger partial charge in [-0.05, 0) is 82.2 Å². The summed E-state index contributed by atoms with van der Waals surface area (Å²) in [6.45, 7) is 0. The minimum atomic E-state index is 0.592. The summed E-state index contributed by atoms with van der Waals surface area (Å²) in [6.07, 6.45) is 3.56. The molecule has 2 aromatic heterocycles. The Labute approximate surface area is 241 Å². The van der Waals surface area contributed by atoms with E-state index in [0.29, 0.717) is 22.8 Å². The third-order valence-electron chi connectivity index (χ3n) is 7.30. The first-order valence-corrected chi connectivity index (χ1v) is 13.3. The maximum absolute atomic E-state index is 9.19. The van der Waals surface area contributed by atoms with Crippen LogP contribution in [0.1, 0.15) is 11.1 Å². The number of nitriles is 2. The zero-order chi connectivity index (χ0) is 28.5. The molecule has 0 atom stereocenters. The maximum atomic E-state index is 9.19. The number of fused-ring (bicyclic) bond motifs is 2. The summed E-state index contributed by atoms with van der Waals surface area (Å²) in [6, 6.07) is 39.4. The second-order valence-corrected chi connectivity index (χ2v) is 9.75. The zero-order valence-electron chi connectivity index (χ0n) is 22.2. The molecule has 42 heavy (non-hydrogen) atoms. The van der Waals surface area contributed by atoms with Crippen molar-refractivity contribution < 1.29 is 0 Å². The standard InChI is InChI=1S/C36H20N6/c37-21-23-9-13-25(14-10-23)35-39-19-17-31(41-35)33-27-5-1-2-6-28(27)34(30-8-4-3-7-29(30)33)32-18-20-40-36(42-32)26-15-11-24(22-38)12-16-26/h1-20H. The molecule has 5 aromatic carbocycles. The van der Waals surface area contributed by atoms with E-state index >= 15 is 0 Å². The molecule has 0 amide bonds. The van der Waals surface area contributed by atoms with Crippen LogP contribution in [-0.2, 0) is 0 Å². The topological polar surface area (TPSA) is 99.1 Å². The first kappa shape index (κ1) is 24.8. The van der Waals surface area contributed by atoms with Crippen molar-refractivity contribution in [3.05, 3.63) is 133 Å². The fourth-order valence-electron chi connectivity index (χ4n) is 5.34. The summed E-state index contributed by atoms with van der Waals surface area (Å²) in [4.78, 5) is 19.1. The quantitative estimate of drug-likeness (QED) is 0.211. The van der Waals surface area contributed by atoms with E-state index in [0.717, 1.165) is 55.2 Å². The maximum Gasteiger partial charge on any atom is 0.159 e. The second-order valence-electron chi connectivity index (χ2n) is 9.75. The molecule has 194 valence electrons. The van der Waals surface area contributed by atoms with Crippen LogP contribution in [0.4, 0.5) is 0 Å². The molecular weight excluding hydrogens is 516 g/mol. The summed E-state index contributed by atoms with van der Waals surface area (Å²) >= 11 is 0.